The maximum absolute atomic E-state index is 11.7. The lowest BCUT2D eigenvalue weighted by atomic mass is 10.2. The Labute approximate surface area is 117 Å². The number of hydrogen-bond acceptors (Lipinski definition) is 4. The number of aromatic nitrogens is 2. The Kier molecular flexibility index (Phi) is 3.02. The van der Waals surface area contributed by atoms with Crippen LogP contribution in [0, 0.1) is 6.92 Å². The van der Waals surface area contributed by atoms with E-state index in [1.807, 2.05) is 18.2 Å². The van der Waals surface area contributed by atoms with E-state index in [9.17, 15) is 4.79 Å². The van der Waals surface area contributed by atoms with Crippen molar-refractivity contribution in [2.75, 3.05) is 13.2 Å². The number of fused-ring (bicyclic) bond motifs is 1. The number of ether oxygens (including phenoxy) is 2. The van der Waals surface area contributed by atoms with Crippen LogP contribution in [0.15, 0.2) is 27.5 Å². The van der Waals surface area contributed by atoms with Crippen LogP contribution in [0.25, 0.3) is 11.4 Å². The molecular formula is C13H11BrN2O3. The number of nitrogens with one attached hydrogen (secondary N) is 1. The van der Waals surface area contributed by atoms with Crippen LogP contribution in [0.4, 0.5) is 0 Å². The van der Waals surface area contributed by atoms with Gasteiger partial charge in [-0.15, -0.1) is 0 Å². The van der Waals surface area contributed by atoms with E-state index >= 15 is 0 Å². The molecule has 3 rings (SSSR count). The minimum Gasteiger partial charge on any atom is -0.486 e. The number of rotatable bonds is 1. The number of nitrogens with zero attached hydrogens (tertiary/aromatic N) is 1. The van der Waals surface area contributed by atoms with Crippen molar-refractivity contribution >= 4 is 15.9 Å². The fourth-order valence-corrected chi connectivity index (χ4v) is 2.09. The van der Waals surface area contributed by atoms with E-state index in [1.165, 1.54) is 0 Å². The number of halogens is 1. The van der Waals surface area contributed by atoms with Gasteiger partial charge in [-0.1, -0.05) is 0 Å². The minimum atomic E-state index is -0.197. The zero-order valence-corrected chi connectivity index (χ0v) is 11.8. The van der Waals surface area contributed by atoms with Gasteiger partial charge in [0, 0.05) is 5.56 Å². The topological polar surface area (TPSA) is 64.2 Å². The third-order valence-corrected chi connectivity index (χ3v) is 3.78. The molecule has 98 valence electrons. The standard InChI is InChI=1S/C13H11BrN2O3/c1-7-11(14)13(17)16-12(15-7)8-2-3-9-10(6-8)19-5-4-18-9/h2-3,6H,4-5H2,1H3,(H,15,16,17). The molecule has 1 aliphatic heterocycles. The maximum atomic E-state index is 11.7. The first-order valence-electron chi connectivity index (χ1n) is 5.81. The normalized spacial score (nSPS) is 13.4. The smallest absolute Gasteiger partial charge is 0.265 e. The molecule has 1 aromatic carbocycles. The largest absolute Gasteiger partial charge is 0.486 e. The molecule has 2 aromatic rings. The molecule has 0 unspecified atom stereocenters. The summed E-state index contributed by atoms with van der Waals surface area (Å²) in [4.78, 5) is 18.8. The number of H-pyrrole nitrogens is 1. The highest BCUT2D eigenvalue weighted by Gasteiger charge is 2.14. The van der Waals surface area contributed by atoms with Gasteiger partial charge in [0.05, 0.1) is 5.69 Å². The van der Waals surface area contributed by atoms with E-state index in [1.54, 1.807) is 6.92 Å². The van der Waals surface area contributed by atoms with E-state index < -0.39 is 0 Å². The van der Waals surface area contributed by atoms with Crippen LogP contribution in [0.5, 0.6) is 11.5 Å². The van der Waals surface area contributed by atoms with Gasteiger partial charge in [0.15, 0.2) is 11.5 Å². The maximum Gasteiger partial charge on any atom is 0.265 e. The van der Waals surface area contributed by atoms with Crippen LogP contribution < -0.4 is 15.0 Å². The third-order valence-electron chi connectivity index (χ3n) is 2.84. The summed E-state index contributed by atoms with van der Waals surface area (Å²) >= 11 is 3.19. The summed E-state index contributed by atoms with van der Waals surface area (Å²) in [5.41, 5.74) is 1.24. The first kappa shape index (κ1) is 12.2. The number of benzene rings is 1. The molecule has 5 nitrogen and oxygen atoms in total. The summed E-state index contributed by atoms with van der Waals surface area (Å²) < 4.78 is 11.4. The molecule has 0 aliphatic carbocycles. The zero-order valence-electron chi connectivity index (χ0n) is 10.2. The van der Waals surface area contributed by atoms with Crippen LogP contribution in [-0.2, 0) is 0 Å². The lowest BCUT2D eigenvalue weighted by Crippen LogP contribution is -2.15. The van der Waals surface area contributed by atoms with Gasteiger partial charge in [-0.3, -0.25) is 4.79 Å². The van der Waals surface area contributed by atoms with Crippen LogP contribution in [0.3, 0.4) is 0 Å². The Morgan fingerprint density at radius 3 is 2.74 bits per heavy atom. The second-order valence-electron chi connectivity index (χ2n) is 4.17. The van der Waals surface area contributed by atoms with Crippen LogP contribution in [0.2, 0.25) is 0 Å². The van der Waals surface area contributed by atoms with Crippen molar-refractivity contribution in [3.63, 3.8) is 0 Å². The summed E-state index contributed by atoms with van der Waals surface area (Å²) in [6, 6.07) is 5.49. The highest BCUT2D eigenvalue weighted by atomic mass is 79.9. The SMILES string of the molecule is Cc1nc(-c2ccc3c(c2)OCCO3)[nH]c(=O)c1Br. The van der Waals surface area contributed by atoms with E-state index in [4.69, 9.17) is 9.47 Å². The Morgan fingerprint density at radius 1 is 1.26 bits per heavy atom. The third kappa shape index (κ3) is 2.23. The quantitative estimate of drug-likeness (QED) is 0.874. The minimum absolute atomic E-state index is 0.197. The molecule has 0 bridgehead atoms. The predicted molar refractivity (Wildman–Crippen MR) is 73.7 cm³/mol. The summed E-state index contributed by atoms with van der Waals surface area (Å²) in [7, 11) is 0. The predicted octanol–water partition coefficient (Wildman–Crippen LogP) is 2.28. The van der Waals surface area contributed by atoms with Crippen molar-refractivity contribution < 1.29 is 9.47 Å². The van der Waals surface area contributed by atoms with Gasteiger partial charge in [-0.05, 0) is 41.1 Å². The molecule has 0 saturated carbocycles. The molecule has 0 spiro atoms. The average Bonchev–Trinajstić information content (AvgIpc) is 2.43. The second-order valence-corrected chi connectivity index (χ2v) is 4.97. The molecule has 2 heterocycles. The average molecular weight is 323 g/mol. The van der Waals surface area contributed by atoms with Gasteiger partial charge in [0.25, 0.3) is 5.56 Å². The van der Waals surface area contributed by atoms with Crippen molar-refractivity contribution in [1.29, 1.82) is 0 Å². The number of hydrogen-bond donors (Lipinski definition) is 1. The Bertz CT molecular complexity index is 697. The molecule has 1 N–H and O–H groups in total. The Morgan fingerprint density at radius 2 is 2.00 bits per heavy atom. The van der Waals surface area contributed by atoms with E-state index in [0.29, 0.717) is 40.7 Å². The first-order chi connectivity index (χ1) is 9.15. The monoisotopic (exact) mass is 322 g/mol. The van der Waals surface area contributed by atoms with Crippen LogP contribution in [-0.4, -0.2) is 23.2 Å². The van der Waals surface area contributed by atoms with Crippen molar-refractivity contribution in [1.82, 2.24) is 9.97 Å². The highest BCUT2D eigenvalue weighted by molar-refractivity contribution is 9.10. The molecule has 0 atom stereocenters. The van der Waals surface area contributed by atoms with Gasteiger partial charge < -0.3 is 14.5 Å². The van der Waals surface area contributed by atoms with Gasteiger partial charge in [-0.25, -0.2) is 4.98 Å². The zero-order chi connectivity index (χ0) is 13.4. The van der Waals surface area contributed by atoms with Crippen LogP contribution >= 0.6 is 15.9 Å². The summed E-state index contributed by atoms with van der Waals surface area (Å²) in [5, 5.41) is 0. The lowest BCUT2D eigenvalue weighted by molar-refractivity contribution is 0.171. The molecule has 1 aliphatic rings. The summed E-state index contributed by atoms with van der Waals surface area (Å²) in [6.07, 6.45) is 0. The van der Waals surface area contributed by atoms with Crippen LogP contribution in [0.1, 0.15) is 5.69 Å². The number of aryl methyl sites for hydroxylation is 1. The molecule has 19 heavy (non-hydrogen) atoms. The fraction of sp³-hybridized carbons (Fsp3) is 0.231. The van der Waals surface area contributed by atoms with Gasteiger partial charge in [0.1, 0.15) is 23.5 Å². The molecule has 0 amide bonds. The van der Waals surface area contributed by atoms with Gasteiger partial charge >= 0.3 is 0 Å². The van der Waals surface area contributed by atoms with Gasteiger partial charge in [0.2, 0.25) is 0 Å². The van der Waals surface area contributed by atoms with E-state index in [2.05, 4.69) is 25.9 Å². The molecule has 6 heteroatoms. The Balaban J connectivity index is 2.09. The first-order valence-corrected chi connectivity index (χ1v) is 6.61. The van der Waals surface area contributed by atoms with Crippen molar-refractivity contribution in [2.24, 2.45) is 0 Å². The second kappa shape index (κ2) is 4.70. The fourth-order valence-electron chi connectivity index (χ4n) is 1.90. The Hall–Kier alpha value is -1.82. The highest BCUT2D eigenvalue weighted by Crippen LogP contribution is 2.33. The van der Waals surface area contributed by atoms with E-state index in [0.717, 1.165) is 5.56 Å². The van der Waals surface area contributed by atoms with Gasteiger partial charge in [-0.2, -0.15) is 0 Å². The van der Waals surface area contributed by atoms with E-state index in [-0.39, 0.29) is 5.56 Å². The molecule has 0 saturated heterocycles. The summed E-state index contributed by atoms with van der Waals surface area (Å²) in [5.74, 6) is 1.90. The van der Waals surface area contributed by atoms with Crippen molar-refractivity contribution in [3.8, 4) is 22.9 Å². The molecular weight excluding hydrogens is 312 g/mol. The number of aromatic amines is 1. The van der Waals surface area contributed by atoms with Crippen molar-refractivity contribution in [3.05, 3.63) is 38.7 Å². The van der Waals surface area contributed by atoms with Crippen molar-refractivity contribution in [2.45, 2.75) is 6.92 Å². The molecule has 1 aromatic heterocycles. The molecule has 0 fully saturated rings. The lowest BCUT2D eigenvalue weighted by Gasteiger charge is -2.18. The molecule has 0 radical (unpaired) electrons. The summed E-state index contributed by atoms with van der Waals surface area (Å²) in [6.45, 7) is 2.86.